The summed E-state index contributed by atoms with van der Waals surface area (Å²) in [6.45, 7) is 6.83. The van der Waals surface area contributed by atoms with Crippen LogP contribution < -0.4 is 9.47 Å². The number of carbonyl (C=O) groups is 1. The van der Waals surface area contributed by atoms with Crippen molar-refractivity contribution in [2.24, 2.45) is 0 Å². The predicted molar refractivity (Wildman–Crippen MR) is 64.7 cm³/mol. The summed E-state index contributed by atoms with van der Waals surface area (Å²) >= 11 is 0. The van der Waals surface area contributed by atoms with E-state index in [1.54, 1.807) is 6.92 Å². The van der Waals surface area contributed by atoms with Gasteiger partial charge in [-0.3, -0.25) is 14.9 Å². The maximum absolute atomic E-state index is 10.9. The Labute approximate surface area is 104 Å². The van der Waals surface area contributed by atoms with E-state index in [1.807, 2.05) is 0 Å². The van der Waals surface area contributed by atoms with E-state index in [9.17, 15) is 14.9 Å². The van der Waals surface area contributed by atoms with Crippen LogP contribution >= 0.6 is 0 Å². The van der Waals surface area contributed by atoms with E-state index in [2.05, 4.69) is 6.58 Å². The molecule has 0 amide bonds. The molecule has 1 aromatic rings. The Hall–Kier alpha value is -2.37. The second kappa shape index (κ2) is 5.81. The number of carbonyl (C=O) groups excluding carboxylic acids is 1. The Morgan fingerprint density at radius 1 is 1.39 bits per heavy atom. The van der Waals surface area contributed by atoms with Crippen molar-refractivity contribution in [1.82, 2.24) is 0 Å². The van der Waals surface area contributed by atoms with Crippen LogP contribution in [0.4, 0.5) is 5.69 Å². The third kappa shape index (κ3) is 3.89. The molecule has 1 rings (SSSR count). The SMILES string of the molecule is C=C(C)COc1cc([N+](=O)[O-])ccc1OC(C)=O. The van der Waals surface area contributed by atoms with Crippen LogP contribution in [0.1, 0.15) is 13.8 Å². The molecule has 0 fully saturated rings. The molecular formula is C12H13NO5. The van der Waals surface area contributed by atoms with Gasteiger partial charge < -0.3 is 9.47 Å². The molecule has 0 radical (unpaired) electrons. The quantitative estimate of drug-likeness (QED) is 0.264. The van der Waals surface area contributed by atoms with Gasteiger partial charge in [-0.15, -0.1) is 0 Å². The summed E-state index contributed by atoms with van der Waals surface area (Å²) < 4.78 is 10.2. The van der Waals surface area contributed by atoms with Crippen LogP contribution in [0.25, 0.3) is 0 Å². The molecule has 0 aliphatic rings. The fourth-order valence-corrected chi connectivity index (χ4v) is 1.16. The van der Waals surface area contributed by atoms with Gasteiger partial charge >= 0.3 is 5.97 Å². The number of rotatable bonds is 5. The average molecular weight is 251 g/mol. The summed E-state index contributed by atoms with van der Waals surface area (Å²) in [5.41, 5.74) is 0.609. The number of esters is 1. The van der Waals surface area contributed by atoms with Crippen LogP contribution in [-0.4, -0.2) is 17.5 Å². The number of ether oxygens (including phenoxy) is 2. The first-order valence-corrected chi connectivity index (χ1v) is 5.14. The van der Waals surface area contributed by atoms with Gasteiger partial charge in [0.25, 0.3) is 5.69 Å². The molecule has 0 N–H and O–H groups in total. The van der Waals surface area contributed by atoms with Gasteiger partial charge in [0.15, 0.2) is 11.5 Å². The molecule has 0 unspecified atom stereocenters. The van der Waals surface area contributed by atoms with Gasteiger partial charge in [0.2, 0.25) is 0 Å². The Morgan fingerprint density at radius 3 is 2.56 bits per heavy atom. The molecule has 0 spiro atoms. The van der Waals surface area contributed by atoms with Crippen LogP contribution in [0.5, 0.6) is 11.5 Å². The maximum Gasteiger partial charge on any atom is 0.308 e. The first-order valence-electron chi connectivity index (χ1n) is 5.14. The number of nitro benzene ring substituents is 1. The highest BCUT2D eigenvalue weighted by Crippen LogP contribution is 2.31. The van der Waals surface area contributed by atoms with Crippen LogP contribution in [0.2, 0.25) is 0 Å². The molecule has 96 valence electrons. The molecule has 1 aromatic carbocycles. The van der Waals surface area contributed by atoms with Gasteiger partial charge in [-0.2, -0.15) is 0 Å². The Morgan fingerprint density at radius 2 is 2.06 bits per heavy atom. The minimum Gasteiger partial charge on any atom is -0.485 e. The summed E-state index contributed by atoms with van der Waals surface area (Å²) in [4.78, 5) is 21.0. The number of hydrogen-bond donors (Lipinski definition) is 0. The van der Waals surface area contributed by atoms with Crippen molar-refractivity contribution in [3.05, 3.63) is 40.5 Å². The van der Waals surface area contributed by atoms with Gasteiger partial charge in [0.1, 0.15) is 6.61 Å². The first-order chi connectivity index (χ1) is 8.40. The Kier molecular flexibility index (Phi) is 4.42. The topological polar surface area (TPSA) is 78.7 Å². The summed E-state index contributed by atoms with van der Waals surface area (Å²) in [6.07, 6.45) is 0. The highest BCUT2D eigenvalue weighted by molar-refractivity contribution is 5.70. The van der Waals surface area contributed by atoms with Crippen molar-refractivity contribution in [1.29, 1.82) is 0 Å². The monoisotopic (exact) mass is 251 g/mol. The Bertz CT molecular complexity index is 495. The largest absolute Gasteiger partial charge is 0.485 e. The van der Waals surface area contributed by atoms with Crippen molar-refractivity contribution >= 4 is 11.7 Å². The zero-order valence-corrected chi connectivity index (χ0v) is 10.1. The zero-order chi connectivity index (χ0) is 13.7. The van der Waals surface area contributed by atoms with Crippen molar-refractivity contribution < 1.29 is 19.2 Å². The van der Waals surface area contributed by atoms with Crippen LogP contribution in [-0.2, 0) is 4.79 Å². The molecule has 0 bridgehead atoms. The second-order valence-corrected chi connectivity index (χ2v) is 3.73. The van der Waals surface area contributed by atoms with E-state index in [1.165, 1.54) is 25.1 Å². The van der Waals surface area contributed by atoms with Gasteiger partial charge in [-0.05, 0) is 18.6 Å². The molecule has 0 saturated heterocycles. The lowest BCUT2D eigenvalue weighted by Crippen LogP contribution is -2.05. The van der Waals surface area contributed by atoms with E-state index in [4.69, 9.17) is 9.47 Å². The molecule has 0 saturated carbocycles. The standard InChI is InChI=1S/C12H13NO5/c1-8(2)7-17-12-6-10(13(15)16)4-5-11(12)18-9(3)14/h4-6H,1,7H2,2-3H3. The molecule has 6 heteroatoms. The van der Waals surface area contributed by atoms with E-state index >= 15 is 0 Å². The second-order valence-electron chi connectivity index (χ2n) is 3.73. The molecule has 0 aliphatic carbocycles. The summed E-state index contributed by atoms with van der Waals surface area (Å²) in [5, 5.41) is 10.6. The molecule has 0 heterocycles. The van der Waals surface area contributed by atoms with Gasteiger partial charge in [-0.1, -0.05) is 6.58 Å². The van der Waals surface area contributed by atoms with Gasteiger partial charge in [0.05, 0.1) is 11.0 Å². The lowest BCUT2D eigenvalue weighted by atomic mass is 10.3. The number of nitro groups is 1. The normalized spacial score (nSPS) is 9.67. The van der Waals surface area contributed by atoms with Crippen molar-refractivity contribution in [3.8, 4) is 11.5 Å². The smallest absolute Gasteiger partial charge is 0.308 e. The molecule has 0 aromatic heterocycles. The molecule has 18 heavy (non-hydrogen) atoms. The van der Waals surface area contributed by atoms with Crippen LogP contribution in [0, 0.1) is 10.1 Å². The summed E-state index contributed by atoms with van der Waals surface area (Å²) in [7, 11) is 0. The molecule has 6 nitrogen and oxygen atoms in total. The summed E-state index contributed by atoms with van der Waals surface area (Å²) in [6, 6.07) is 3.78. The molecule has 0 atom stereocenters. The summed E-state index contributed by atoms with van der Waals surface area (Å²) in [5.74, 6) is -0.235. The van der Waals surface area contributed by atoms with Gasteiger partial charge in [0, 0.05) is 13.0 Å². The fourth-order valence-electron chi connectivity index (χ4n) is 1.16. The zero-order valence-electron chi connectivity index (χ0n) is 10.1. The molecule has 0 aliphatic heterocycles. The number of hydrogen-bond acceptors (Lipinski definition) is 5. The minimum absolute atomic E-state index is 0.136. The number of non-ortho nitro benzene ring substituents is 1. The van der Waals surface area contributed by atoms with Gasteiger partial charge in [-0.25, -0.2) is 0 Å². The first kappa shape index (κ1) is 13.7. The fraction of sp³-hybridized carbons (Fsp3) is 0.250. The number of benzene rings is 1. The van der Waals surface area contributed by atoms with Crippen molar-refractivity contribution in [2.75, 3.05) is 6.61 Å². The predicted octanol–water partition coefficient (Wildman–Crippen LogP) is 2.48. The number of nitrogens with zero attached hydrogens (tertiary/aromatic N) is 1. The third-order valence-electron chi connectivity index (χ3n) is 1.87. The lowest BCUT2D eigenvalue weighted by molar-refractivity contribution is -0.385. The lowest BCUT2D eigenvalue weighted by Gasteiger charge is -2.10. The highest BCUT2D eigenvalue weighted by atomic mass is 16.6. The van der Waals surface area contributed by atoms with Crippen molar-refractivity contribution in [3.63, 3.8) is 0 Å². The van der Waals surface area contributed by atoms with Crippen LogP contribution in [0.3, 0.4) is 0 Å². The van der Waals surface area contributed by atoms with E-state index < -0.39 is 10.9 Å². The molecular weight excluding hydrogens is 238 g/mol. The van der Waals surface area contributed by atoms with E-state index in [-0.39, 0.29) is 23.8 Å². The average Bonchev–Trinajstić information content (AvgIpc) is 2.26. The van der Waals surface area contributed by atoms with Crippen molar-refractivity contribution in [2.45, 2.75) is 13.8 Å². The van der Waals surface area contributed by atoms with E-state index in [0.29, 0.717) is 0 Å². The van der Waals surface area contributed by atoms with E-state index in [0.717, 1.165) is 5.57 Å². The van der Waals surface area contributed by atoms with Crippen LogP contribution in [0.15, 0.2) is 30.4 Å². The third-order valence-corrected chi connectivity index (χ3v) is 1.87. The maximum atomic E-state index is 10.9. The highest BCUT2D eigenvalue weighted by Gasteiger charge is 2.14. The Balaban J connectivity index is 3.04. The minimum atomic E-state index is -0.550.